The highest BCUT2D eigenvalue weighted by Crippen LogP contribution is 2.20. The minimum absolute atomic E-state index is 0.322. The van der Waals surface area contributed by atoms with E-state index in [4.69, 9.17) is 9.47 Å². The molecule has 1 saturated carbocycles. The second kappa shape index (κ2) is 10.6. The highest BCUT2D eigenvalue weighted by atomic mass is 16.5. The summed E-state index contributed by atoms with van der Waals surface area (Å²) in [5.74, 6) is 0. The molecule has 1 atom stereocenters. The maximum atomic E-state index is 9.77. The van der Waals surface area contributed by atoms with Crippen LogP contribution in [0.25, 0.3) is 0 Å². The standard InChI is InChI=1S/C15H31NO3/c1-13(2)18-10-6-5-9-16-11-14(17)12-19-15-7-3-4-8-15/h13-17H,3-12H2,1-2H3. The summed E-state index contributed by atoms with van der Waals surface area (Å²) in [6.45, 7) is 6.96. The SMILES string of the molecule is CC(C)OCCCCNCC(O)COC1CCCC1. The van der Waals surface area contributed by atoms with Crippen molar-refractivity contribution in [2.45, 2.75) is 70.7 Å². The zero-order chi connectivity index (χ0) is 13.9. The van der Waals surface area contributed by atoms with Crippen LogP contribution in [0.15, 0.2) is 0 Å². The molecule has 0 radical (unpaired) electrons. The number of hydrogen-bond acceptors (Lipinski definition) is 4. The summed E-state index contributed by atoms with van der Waals surface area (Å²) in [7, 11) is 0. The molecule has 114 valence electrons. The van der Waals surface area contributed by atoms with Gasteiger partial charge in [-0.2, -0.15) is 0 Å². The quantitative estimate of drug-likeness (QED) is 0.566. The van der Waals surface area contributed by atoms with E-state index in [0.717, 1.165) is 38.8 Å². The van der Waals surface area contributed by atoms with Gasteiger partial charge in [-0.25, -0.2) is 0 Å². The first-order valence-corrected chi connectivity index (χ1v) is 7.80. The molecule has 0 aromatic heterocycles. The molecule has 0 aromatic carbocycles. The van der Waals surface area contributed by atoms with E-state index in [1.54, 1.807) is 0 Å². The topological polar surface area (TPSA) is 50.7 Å². The van der Waals surface area contributed by atoms with E-state index < -0.39 is 0 Å². The van der Waals surface area contributed by atoms with Gasteiger partial charge in [-0.05, 0) is 46.1 Å². The largest absolute Gasteiger partial charge is 0.389 e. The number of unbranched alkanes of at least 4 members (excludes halogenated alkanes) is 1. The number of aliphatic hydroxyl groups excluding tert-OH is 1. The fourth-order valence-corrected chi connectivity index (χ4v) is 2.30. The van der Waals surface area contributed by atoms with E-state index in [1.165, 1.54) is 12.8 Å². The molecule has 0 amide bonds. The summed E-state index contributed by atoms with van der Waals surface area (Å²) in [5.41, 5.74) is 0. The zero-order valence-electron chi connectivity index (χ0n) is 12.6. The van der Waals surface area contributed by atoms with E-state index in [0.29, 0.717) is 25.4 Å². The third kappa shape index (κ3) is 9.38. The summed E-state index contributed by atoms with van der Waals surface area (Å²) >= 11 is 0. The first-order valence-electron chi connectivity index (χ1n) is 7.80. The van der Waals surface area contributed by atoms with Gasteiger partial charge in [-0.1, -0.05) is 12.8 Å². The third-order valence-corrected chi connectivity index (χ3v) is 3.41. The fourth-order valence-electron chi connectivity index (χ4n) is 2.30. The first kappa shape index (κ1) is 16.9. The minimum atomic E-state index is -0.382. The van der Waals surface area contributed by atoms with Gasteiger partial charge in [-0.15, -0.1) is 0 Å². The van der Waals surface area contributed by atoms with Crippen LogP contribution in [0.4, 0.5) is 0 Å². The van der Waals surface area contributed by atoms with Crippen LogP contribution >= 0.6 is 0 Å². The number of ether oxygens (including phenoxy) is 2. The van der Waals surface area contributed by atoms with Crippen molar-refractivity contribution < 1.29 is 14.6 Å². The lowest BCUT2D eigenvalue weighted by Gasteiger charge is -2.16. The molecule has 0 aliphatic heterocycles. The van der Waals surface area contributed by atoms with E-state index in [-0.39, 0.29) is 6.10 Å². The fraction of sp³-hybridized carbons (Fsp3) is 1.00. The van der Waals surface area contributed by atoms with Crippen LogP contribution in [0.3, 0.4) is 0 Å². The molecule has 0 heterocycles. The first-order chi connectivity index (χ1) is 9.18. The van der Waals surface area contributed by atoms with Crippen LogP contribution in [-0.4, -0.2) is 49.7 Å². The van der Waals surface area contributed by atoms with Gasteiger partial charge in [0.15, 0.2) is 0 Å². The molecule has 0 bridgehead atoms. The van der Waals surface area contributed by atoms with Crippen LogP contribution in [0, 0.1) is 0 Å². The average molecular weight is 273 g/mol. The Morgan fingerprint density at radius 2 is 1.95 bits per heavy atom. The Morgan fingerprint density at radius 1 is 1.21 bits per heavy atom. The number of nitrogens with one attached hydrogen (secondary N) is 1. The number of hydrogen-bond donors (Lipinski definition) is 2. The predicted octanol–water partition coefficient (Wildman–Crippen LogP) is 2.10. The molecule has 0 spiro atoms. The van der Waals surface area contributed by atoms with Gasteiger partial charge < -0.3 is 19.9 Å². The second-order valence-electron chi connectivity index (χ2n) is 5.72. The van der Waals surface area contributed by atoms with Gasteiger partial charge >= 0.3 is 0 Å². The molecule has 0 aromatic rings. The predicted molar refractivity (Wildman–Crippen MR) is 77.4 cm³/mol. The summed E-state index contributed by atoms with van der Waals surface area (Å²) in [6, 6.07) is 0. The van der Waals surface area contributed by atoms with Gasteiger partial charge in [0.05, 0.1) is 24.9 Å². The van der Waals surface area contributed by atoms with Gasteiger partial charge in [0.25, 0.3) is 0 Å². The Hall–Kier alpha value is -0.160. The van der Waals surface area contributed by atoms with Crippen molar-refractivity contribution in [2.75, 3.05) is 26.3 Å². The third-order valence-electron chi connectivity index (χ3n) is 3.41. The van der Waals surface area contributed by atoms with Crippen LogP contribution in [0.5, 0.6) is 0 Å². The van der Waals surface area contributed by atoms with Crippen molar-refractivity contribution in [2.24, 2.45) is 0 Å². The van der Waals surface area contributed by atoms with Crippen LogP contribution in [0.2, 0.25) is 0 Å². The normalized spacial score (nSPS) is 18.3. The molecule has 1 aliphatic carbocycles. The van der Waals surface area contributed by atoms with Crippen molar-refractivity contribution in [3.63, 3.8) is 0 Å². The molecular weight excluding hydrogens is 242 g/mol. The molecule has 19 heavy (non-hydrogen) atoms. The molecule has 1 unspecified atom stereocenters. The molecule has 1 rings (SSSR count). The molecule has 2 N–H and O–H groups in total. The molecule has 1 aliphatic rings. The van der Waals surface area contributed by atoms with Crippen molar-refractivity contribution in [3.05, 3.63) is 0 Å². The molecule has 4 heteroatoms. The number of rotatable bonds is 11. The highest BCUT2D eigenvalue weighted by Gasteiger charge is 2.16. The van der Waals surface area contributed by atoms with E-state index in [2.05, 4.69) is 19.2 Å². The molecular formula is C15H31NO3. The van der Waals surface area contributed by atoms with Gasteiger partial charge in [0.2, 0.25) is 0 Å². The van der Waals surface area contributed by atoms with Crippen molar-refractivity contribution in [1.29, 1.82) is 0 Å². The minimum Gasteiger partial charge on any atom is -0.389 e. The molecule has 4 nitrogen and oxygen atoms in total. The second-order valence-corrected chi connectivity index (χ2v) is 5.72. The average Bonchev–Trinajstić information content (AvgIpc) is 2.88. The number of aliphatic hydroxyl groups is 1. The van der Waals surface area contributed by atoms with E-state index in [9.17, 15) is 5.11 Å². The Balaban J connectivity index is 1.82. The van der Waals surface area contributed by atoms with Crippen LogP contribution in [0.1, 0.15) is 52.4 Å². The van der Waals surface area contributed by atoms with Gasteiger partial charge in [-0.3, -0.25) is 0 Å². The lowest BCUT2D eigenvalue weighted by molar-refractivity contribution is -0.00542. The Kier molecular flexibility index (Phi) is 9.43. The summed E-state index contributed by atoms with van der Waals surface area (Å²) in [6.07, 6.45) is 7.36. The summed E-state index contributed by atoms with van der Waals surface area (Å²) in [5, 5.41) is 13.0. The van der Waals surface area contributed by atoms with Crippen molar-refractivity contribution in [1.82, 2.24) is 5.32 Å². The van der Waals surface area contributed by atoms with Gasteiger partial charge in [0.1, 0.15) is 0 Å². The van der Waals surface area contributed by atoms with Gasteiger partial charge in [0, 0.05) is 13.2 Å². The van der Waals surface area contributed by atoms with E-state index in [1.807, 2.05) is 0 Å². The summed E-state index contributed by atoms with van der Waals surface area (Å²) in [4.78, 5) is 0. The monoisotopic (exact) mass is 273 g/mol. The zero-order valence-corrected chi connectivity index (χ0v) is 12.6. The lowest BCUT2D eigenvalue weighted by atomic mass is 10.3. The Morgan fingerprint density at radius 3 is 2.63 bits per heavy atom. The molecule has 0 saturated heterocycles. The Labute approximate surface area is 117 Å². The van der Waals surface area contributed by atoms with Crippen molar-refractivity contribution in [3.8, 4) is 0 Å². The van der Waals surface area contributed by atoms with Crippen LogP contribution in [-0.2, 0) is 9.47 Å². The lowest BCUT2D eigenvalue weighted by Crippen LogP contribution is -2.32. The highest BCUT2D eigenvalue weighted by molar-refractivity contribution is 4.68. The van der Waals surface area contributed by atoms with Crippen LogP contribution < -0.4 is 5.32 Å². The summed E-state index contributed by atoms with van der Waals surface area (Å²) < 4.78 is 11.1. The molecule has 1 fully saturated rings. The van der Waals surface area contributed by atoms with Crippen molar-refractivity contribution >= 4 is 0 Å². The maximum Gasteiger partial charge on any atom is 0.0897 e. The smallest absolute Gasteiger partial charge is 0.0897 e. The maximum absolute atomic E-state index is 9.77. The van der Waals surface area contributed by atoms with E-state index >= 15 is 0 Å². The Bertz CT molecular complexity index is 206.